The van der Waals surface area contributed by atoms with Crippen molar-refractivity contribution in [3.63, 3.8) is 0 Å². The first-order valence-electron chi connectivity index (χ1n) is 4.24. The standard InChI is InChI=1S/C9H9BrF3NO2/c10-5-2-1-4(9(11,12)13)7(8(5)16)6(14)3-15/h1-2,6,15-16H,3,14H2/t6-/m1/s1. The van der Waals surface area contributed by atoms with Gasteiger partial charge >= 0.3 is 6.18 Å². The van der Waals surface area contributed by atoms with Gasteiger partial charge in [0.25, 0.3) is 0 Å². The van der Waals surface area contributed by atoms with Crippen LogP contribution in [0.15, 0.2) is 16.6 Å². The van der Waals surface area contributed by atoms with Crippen LogP contribution in [0.25, 0.3) is 0 Å². The lowest BCUT2D eigenvalue weighted by Gasteiger charge is -2.18. The van der Waals surface area contributed by atoms with Gasteiger partial charge in [0.05, 0.1) is 22.7 Å². The third-order valence-electron chi connectivity index (χ3n) is 2.04. The molecule has 1 atom stereocenters. The summed E-state index contributed by atoms with van der Waals surface area (Å²) in [5.41, 5.74) is 3.77. The van der Waals surface area contributed by atoms with Gasteiger partial charge in [-0.15, -0.1) is 0 Å². The van der Waals surface area contributed by atoms with Crippen molar-refractivity contribution in [1.29, 1.82) is 0 Å². The molecule has 0 aliphatic rings. The smallest absolute Gasteiger partial charge is 0.416 e. The summed E-state index contributed by atoms with van der Waals surface area (Å²) in [6.45, 7) is -0.687. The second-order valence-corrected chi connectivity index (χ2v) is 4.00. The fourth-order valence-electron chi connectivity index (χ4n) is 1.30. The van der Waals surface area contributed by atoms with Gasteiger partial charge in [-0.05, 0) is 28.1 Å². The van der Waals surface area contributed by atoms with Crippen LogP contribution in [0.4, 0.5) is 13.2 Å². The van der Waals surface area contributed by atoms with Gasteiger partial charge in [0.15, 0.2) is 0 Å². The van der Waals surface area contributed by atoms with Crippen LogP contribution < -0.4 is 5.73 Å². The second kappa shape index (κ2) is 4.60. The Bertz CT molecular complexity index is 395. The quantitative estimate of drug-likeness (QED) is 0.784. The molecule has 0 saturated carbocycles. The molecule has 3 nitrogen and oxygen atoms in total. The van der Waals surface area contributed by atoms with E-state index in [9.17, 15) is 18.3 Å². The van der Waals surface area contributed by atoms with Gasteiger partial charge in [-0.25, -0.2) is 0 Å². The van der Waals surface area contributed by atoms with Gasteiger partial charge in [0.2, 0.25) is 0 Å². The van der Waals surface area contributed by atoms with Crippen LogP contribution in [0.1, 0.15) is 17.2 Å². The van der Waals surface area contributed by atoms with Crippen LogP contribution in [-0.2, 0) is 6.18 Å². The molecule has 0 aromatic heterocycles. The lowest BCUT2D eigenvalue weighted by molar-refractivity contribution is -0.138. The van der Waals surface area contributed by atoms with Gasteiger partial charge in [-0.2, -0.15) is 13.2 Å². The fraction of sp³-hybridized carbons (Fsp3) is 0.333. The summed E-state index contributed by atoms with van der Waals surface area (Å²) < 4.78 is 37.9. The van der Waals surface area contributed by atoms with E-state index < -0.39 is 35.7 Å². The summed E-state index contributed by atoms with van der Waals surface area (Å²) in [5, 5.41) is 18.3. The number of benzene rings is 1. The van der Waals surface area contributed by atoms with Crippen LogP contribution >= 0.6 is 15.9 Å². The molecule has 1 aromatic rings. The van der Waals surface area contributed by atoms with E-state index in [1.54, 1.807) is 0 Å². The van der Waals surface area contributed by atoms with E-state index in [2.05, 4.69) is 15.9 Å². The van der Waals surface area contributed by atoms with Crippen LogP contribution in [0.5, 0.6) is 5.75 Å². The summed E-state index contributed by atoms with van der Waals surface area (Å²) in [7, 11) is 0. The molecular weight excluding hydrogens is 291 g/mol. The lowest BCUT2D eigenvalue weighted by Crippen LogP contribution is -2.20. The zero-order valence-corrected chi connectivity index (χ0v) is 9.51. The van der Waals surface area contributed by atoms with E-state index in [0.29, 0.717) is 0 Å². The largest absolute Gasteiger partial charge is 0.506 e. The number of aliphatic hydroxyl groups excluding tert-OH is 1. The summed E-state index contributed by atoms with van der Waals surface area (Å²) in [6, 6.07) is 0.592. The highest BCUT2D eigenvalue weighted by atomic mass is 79.9. The molecule has 0 heterocycles. The first kappa shape index (κ1) is 13.3. The Balaban J connectivity index is 3.45. The first-order valence-corrected chi connectivity index (χ1v) is 5.03. The number of nitrogens with two attached hydrogens (primary N) is 1. The summed E-state index contributed by atoms with van der Waals surface area (Å²) >= 11 is 2.89. The second-order valence-electron chi connectivity index (χ2n) is 3.14. The Morgan fingerprint density at radius 3 is 2.38 bits per heavy atom. The van der Waals surface area contributed by atoms with Gasteiger partial charge in [0.1, 0.15) is 5.75 Å². The van der Waals surface area contributed by atoms with Crippen molar-refractivity contribution in [3.05, 3.63) is 27.7 Å². The minimum atomic E-state index is -4.62. The van der Waals surface area contributed by atoms with E-state index >= 15 is 0 Å². The van der Waals surface area contributed by atoms with E-state index in [1.165, 1.54) is 0 Å². The van der Waals surface area contributed by atoms with E-state index in [1.807, 2.05) is 0 Å². The van der Waals surface area contributed by atoms with Gasteiger partial charge < -0.3 is 15.9 Å². The molecule has 1 rings (SSSR count). The van der Waals surface area contributed by atoms with Crippen molar-refractivity contribution in [2.45, 2.75) is 12.2 Å². The molecule has 0 amide bonds. The maximum absolute atomic E-state index is 12.6. The predicted molar refractivity (Wildman–Crippen MR) is 54.8 cm³/mol. The van der Waals surface area contributed by atoms with Crippen LogP contribution in [0, 0.1) is 0 Å². The van der Waals surface area contributed by atoms with Crippen molar-refractivity contribution in [3.8, 4) is 5.75 Å². The average molecular weight is 300 g/mol. The Morgan fingerprint density at radius 1 is 1.38 bits per heavy atom. The SMILES string of the molecule is N[C@H](CO)c1c(C(F)(F)F)ccc(Br)c1O. The van der Waals surface area contributed by atoms with Crippen LogP contribution in [0.3, 0.4) is 0 Å². The number of phenols is 1. The first-order chi connectivity index (χ1) is 7.29. The topological polar surface area (TPSA) is 66.5 Å². The van der Waals surface area contributed by atoms with Crippen molar-refractivity contribution in [2.75, 3.05) is 6.61 Å². The molecule has 7 heteroatoms. The fourth-order valence-corrected chi connectivity index (χ4v) is 1.64. The third-order valence-corrected chi connectivity index (χ3v) is 2.68. The molecule has 0 aliphatic carbocycles. The van der Waals surface area contributed by atoms with Crippen molar-refractivity contribution < 1.29 is 23.4 Å². The molecule has 16 heavy (non-hydrogen) atoms. The van der Waals surface area contributed by atoms with Crippen molar-refractivity contribution in [2.24, 2.45) is 5.73 Å². The molecule has 0 aliphatic heterocycles. The Labute approximate surface area is 97.8 Å². The predicted octanol–water partition coefficient (Wildman–Crippen LogP) is 2.17. The third kappa shape index (κ3) is 2.47. The van der Waals surface area contributed by atoms with Crippen LogP contribution in [-0.4, -0.2) is 16.8 Å². The van der Waals surface area contributed by atoms with E-state index in [4.69, 9.17) is 10.8 Å². The molecular formula is C9H9BrF3NO2. The normalized spacial score (nSPS) is 13.9. The number of aromatic hydroxyl groups is 1. The zero-order valence-electron chi connectivity index (χ0n) is 7.92. The monoisotopic (exact) mass is 299 g/mol. The molecule has 0 spiro atoms. The van der Waals surface area contributed by atoms with Crippen molar-refractivity contribution >= 4 is 15.9 Å². The van der Waals surface area contributed by atoms with Gasteiger partial charge in [-0.1, -0.05) is 0 Å². The molecule has 1 aromatic carbocycles. The van der Waals surface area contributed by atoms with Crippen LogP contribution in [0.2, 0.25) is 0 Å². The molecule has 4 N–H and O–H groups in total. The average Bonchev–Trinajstić information content (AvgIpc) is 2.19. The molecule has 0 unspecified atom stereocenters. The molecule has 90 valence electrons. The summed E-state index contributed by atoms with van der Waals surface area (Å²) in [6.07, 6.45) is -4.62. The number of hydrogen-bond donors (Lipinski definition) is 3. The number of phenolic OH excluding ortho intramolecular Hbond substituents is 1. The maximum atomic E-state index is 12.6. The highest BCUT2D eigenvalue weighted by Crippen LogP contribution is 2.41. The lowest BCUT2D eigenvalue weighted by atomic mass is 10.00. The van der Waals surface area contributed by atoms with Gasteiger partial charge in [0, 0.05) is 5.56 Å². The molecule has 0 fully saturated rings. The number of alkyl halides is 3. The zero-order chi connectivity index (χ0) is 12.5. The van der Waals surface area contributed by atoms with E-state index in [-0.39, 0.29) is 4.47 Å². The van der Waals surface area contributed by atoms with Gasteiger partial charge in [-0.3, -0.25) is 0 Å². The Kier molecular flexibility index (Phi) is 3.82. The Morgan fingerprint density at radius 2 is 1.94 bits per heavy atom. The number of halogens is 4. The number of aliphatic hydroxyl groups is 1. The Hall–Kier alpha value is -0.790. The molecule has 0 saturated heterocycles. The molecule has 0 radical (unpaired) electrons. The number of rotatable bonds is 2. The summed E-state index contributed by atoms with van der Waals surface area (Å²) in [5.74, 6) is -0.601. The number of hydrogen-bond acceptors (Lipinski definition) is 3. The summed E-state index contributed by atoms with van der Waals surface area (Å²) in [4.78, 5) is 0. The van der Waals surface area contributed by atoms with Crippen molar-refractivity contribution in [1.82, 2.24) is 0 Å². The minimum Gasteiger partial charge on any atom is -0.506 e. The van der Waals surface area contributed by atoms with E-state index in [0.717, 1.165) is 12.1 Å². The minimum absolute atomic E-state index is 0.0967. The highest BCUT2D eigenvalue weighted by Gasteiger charge is 2.36. The molecule has 0 bridgehead atoms. The highest BCUT2D eigenvalue weighted by molar-refractivity contribution is 9.10. The maximum Gasteiger partial charge on any atom is 0.416 e.